The number of alkyl halides is 1. The second kappa shape index (κ2) is 5.81. The smallest absolute Gasteiger partial charge is 0.227 e. The van der Waals surface area contributed by atoms with Gasteiger partial charge in [0.1, 0.15) is 0 Å². The van der Waals surface area contributed by atoms with Crippen LogP contribution < -0.4 is 5.32 Å². The summed E-state index contributed by atoms with van der Waals surface area (Å²) in [6.45, 7) is 2.59. The Morgan fingerprint density at radius 1 is 1.43 bits per heavy atom. The lowest BCUT2D eigenvalue weighted by Gasteiger charge is -2.11. The highest BCUT2D eigenvalue weighted by Crippen LogP contribution is 2.13. The summed E-state index contributed by atoms with van der Waals surface area (Å²) in [5, 5.41) is 3.64. The molecule has 1 aromatic rings. The van der Waals surface area contributed by atoms with Crippen molar-refractivity contribution in [3.05, 3.63) is 35.9 Å². The van der Waals surface area contributed by atoms with Crippen LogP contribution in [0.25, 0.3) is 0 Å². The number of carbonyl (C=O) groups excluding carboxylic acids is 1. The van der Waals surface area contributed by atoms with Crippen molar-refractivity contribution >= 4 is 21.8 Å². The van der Waals surface area contributed by atoms with E-state index in [4.69, 9.17) is 0 Å². The van der Waals surface area contributed by atoms with Gasteiger partial charge in [-0.3, -0.25) is 4.79 Å². The molecule has 1 amide bonds. The fourth-order valence-corrected chi connectivity index (χ4v) is 1.41. The molecule has 0 aliphatic heterocycles. The van der Waals surface area contributed by atoms with Crippen molar-refractivity contribution in [3.8, 4) is 0 Å². The zero-order valence-electron chi connectivity index (χ0n) is 8.16. The molecule has 0 aliphatic carbocycles. The molecular formula is C11H14BrNO. The second-order valence-corrected chi connectivity index (χ2v) is 3.91. The van der Waals surface area contributed by atoms with Crippen LogP contribution in [0.1, 0.15) is 18.4 Å². The Morgan fingerprint density at radius 3 is 2.64 bits per heavy atom. The van der Waals surface area contributed by atoms with Crippen LogP contribution in [0, 0.1) is 0 Å². The summed E-state index contributed by atoms with van der Waals surface area (Å²) < 4.78 is 0. The molecule has 0 saturated carbocycles. The van der Waals surface area contributed by atoms with Crippen molar-refractivity contribution in [2.24, 2.45) is 0 Å². The van der Waals surface area contributed by atoms with Gasteiger partial charge in [-0.25, -0.2) is 0 Å². The highest BCUT2D eigenvalue weighted by atomic mass is 79.9. The van der Waals surface area contributed by atoms with E-state index in [0.29, 0.717) is 6.54 Å². The maximum Gasteiger partial charge on any atom is 0.227 e. The minimum Gasteiger partial charge on any atom is -0.355 e. The van der Waals surface area contributed by atoms with E-state index in [0.717, 1.165) is 10.9 Å². The summed E-state index contributed by atoms with van der Waals surface area (Å²) in [6.07, 6.45) is 0. The van der Waals surface area contributed by atoms with E-state index < -0.39 is 0 Å². The van der Waals surface area contributed by atoms with Crippen LogP contribution in [0.4, 0.5) is 0 Å². The fourth-order valence-electron chi connectivity index (χ4n) is 1.22. The molecule has 1 N–H and O–H groups in total. The van der Waals surface area contributed by atoms with Crippen molar-refractivity contribution in [3.63, 3.8) is 0 Å². The first-order valence-electron chi connectivity index (χ1n) is 4.64. The predicted octanol–water partition coefficient (Wildman–Crippen LogP) is 2.30. The van der Waals surface area contributed by atoms with E-state index in [1.807, 2.05) is 37.3 Å². The summed E-state index contributed by atoms with van der Waals surface area (Å²) in [4.78, 5) is 11.6. The molecule has 3 heteroatoms. The minimum atomic E-state index is -0.0738. The van der Waals surface area contributed by atoms with E-state index in [1.54, 1.807) is 0 Å². The molecule has 0 heterocycles. The van der Waals surface area contributed by atoms with Gasteiger partial charge >= 0.3 is 0 Å². The number of hydrogen-bond acceptors (Lipinski definition) is 1. The van der Waals surface area contributed by atoms with E-state index in [9.17, 15) is 4.79 Å². The fraction of sp³-hybridized carbons (Fsp3) is 0.364. The average molecular weight is 256 g/mol. The Balaban J connectivity index is 2.57. The highest BCUT2D eigenvalue weighted by molar-refractivity contribution is 9.09. The van der Waals surface area contributed by atoms with Gasteiger partial charge in [0.2, 0.25) is 5.91 Å². The third-order valence-corrected chi connectivity index (χ3v) is 2.48. The molecule has 76 valence electrons. The molecule has 0 fully saturated rings. The molecule has 1 aromatic carbocycles. The van der Waals surface area contributed by atoms with Crippen LogP contribution in [0.5, 0.6) is 0 Å². The van der Waals surface area contributed by atoms with Crippen molar-refractivity contribution in [1.82, 2.24) is 5.32 Å². The Labute approximate surface area is 92.8 Å². The lowest BCUT2D eigenvalue weighted by molar-refractivity contribution is -0.122. The van der Waals surface area contributed by atoms with Crippen molar-refractivity contribution in [1.29, 1.82) is 0 Å². The quantitative estimate of drug-likeness (QED) is 0.823. The average Bonchev–Trinajstić information content (AvgIpc) is 2.26. The van der Waals surface area contributed by atoms with Crippen LogP contribution in [0.2, 0.25) is 0 Å². The number of halogens is 1. The Kier molecular flexibility index (Phi) is 4.66. The van der Waals surface area contributed by atoms with Gasteiger partial charge < -0.3 is 5.32 Å². The largest absolute Gasteiger partial charge is 0.355 e. The van der Waals surface area contributed by atoms with Gasteiger partial charge in [0.25, 0.3) is 0 Å². The van der Waals surface area contributed by atoms with E-state index in [2.05, 4.69) is 21.2 Å². The van der Waals surface area contributed by atoms with Gasteiger partial charge in [-0.05, 0) is 12.5 Å². The molecular weight excluding hydrogens is 242 g/mol. The first-order chi connectivity index (χ1) is 6.75. The predicted molar refractivity (Wildman–Crippen MR) is 61.7 cm³/mol. The van der Waals surface area contributed by atoms with E-state index >= 15 is 0 Å². The molecule has 1 atom stereocenters. The SMILES string of the molecule is CC(C(=O)NCCBr)c1ccccc1. The van der Waals surface area contributed by atoms with Gasteiger partial charge in [-0.15, -0.1) is 0 Å². The van der Waals surface area contributed by atoms with Gasteiger partial charge in [-0.2, -0.15) is 0 Å². The van der Waals surface area contributed by atoms with E-state index in [1.165, 1.54) is 0 Å². The van der Waals surface area contributed by atoms with Gasteiger partial charge in [0.05, 0.1) is 5.92 Å². The summed E-state index contributed by atoms with van der Waals surface area (Å²) in [6, 6.07) is 9.79. The normalized spacial score (nSPS) is 12.1. The van der Waals surface area contributed by atoms with Crippen molar-refractivity contribution in [2.45, 2.75) is 12.8 Å². The first kappa shape index (κ1) is 11.2. The molecule has 0 spiro atoms. The first-order valence-corrected chi connectivity index (χ1v) is 5.76. The summed E-state index contributed by atoms with van der Waals surface area (Å²) >= 11 is 3.27. The summed E-state index contributed by atoms with van der Waals surface area (Å²) in [5.41, 5.74) is 1.06. The molecule has 0 saturated heterocycles. The molecule has 0 radical (unpaired) electrons. The number of rotatable bonds is 4. The zero-order chi connectivity index (χ0) is 10.4. The second-order valence-electron chi connectivity index (χ2n) is 3.11. The summed E-state index contributed by atoms with van der Waals surface area (Å²) in [7, 11) is 0. The lowest BCUT2D eigenvalue weighted by Crippen LogP contribution is -2.29. The molecule has 1 unspecified atom stereocenters. The standard InChI is InChI=1S/C11H14BrNO/c1-9(11(14)13-8-7-12)10-5-3-2-4-6-10/h2-6,9H,7-8H2,1H3,(H,13,14). The molecule has 0 bridgehead atoms. The number of benzene rings is 1. The van der Waals surface area contributed by atoms with Crippen LogP contribution in [-0.2, 0) is 4.79 Å². The van der Waals surface area contributed by atoms with Crippen LogP contribution in [0.15, 0.2) is 30.3 Å². The summed E-state index contributed by atoms with van der Waals surface area (Å²) in [5.74, 6) is 0.00546. The molecule has 14 heavy (non-hydrogen) atoms. The van der Waals surface area contributed by atoms with Gasteiger partial charge in [0.15, 0.2) is 0 Å². The number of amides is 1. The maximum absolute atomic E-state index is 11.6. The van der Waals surface area contributed by atoms with Crippen LogP contribution in [0.3, 0.4) is 0 Å². The molecule has 0 aromatic heterocycles. The van der Waals surface area contributed by atoms with Crippen molar-refractivity contribution in [2.75, 3.05) is 11.9 Å². The molecule has 2 nitrogen and oxygen atoms in total. The molecule has 1 rings (SSSR count). The number of nitrogens with one attached hydrogen (secondary N) is 1. The third kappa shape index (κ3) is 3.14. The number of hydrogen-bond donors (Lipinski definition) is 1. The topological polar surface area (TPSA) is 29.1 Å². The zero-order valence-corrected chi connectivity index (χ0v) is 9.75. The Hall–Kier alpha value is -0.830. The monoisotopic (exact) mass is 255 g/mol. The Bertz CT molecular complexity index is 287. The van der Waals surface area contributed by atoms with E-state index in [-0.39, 0.29) is 11.8 Å². The van der Waals surface area contributed by atoms with Gasteiger partial charge in [0, 0.05) is 11.9 Å². The Morgan fingerprint density at radius 2 is 2.07 bits per heavy atom. The lowest BCUT2D eigenvalue weighted by atomic mass is 10.0. The highest BCUT2D eigenvalue weighted by Gasteiger charge is 2.13. The number of carbonyl (C=O) groups is 1. The maximum atomic E-state index is 11.6. The van der Waals surface area contributed by atoms with Gasteiger partial charge in [-0.1, -0.05) is 46.3 Å². The van der Waals surface area contributed by atoms with Crippen molar-refractivity contribution < 1.29 is 4.79 Å². The third-order valence-electron chi connectivity index (χ3n) is 2.09. The molecule has 0 aliphatic rings. The van der Waals surface area contributed by atoms with Crippen LogP contribution >= 0.6 is 15.9 Å². The van der Waals surface area contributed by atoms with Crippen LogP contribution in [-0.4, -0.2) is 17.8 Å². The minimum absolute atomic E-state index is 0.0738.